The zero-order valence-electron chi connectivity index (χ0n) is 14.3. The second-order valence-electron chi connectivity index (χ2n) is 6.02. The highest BCUT2D eigenvalue weighted by Crippen LogP contribution is 2.35. The van der Waals surface area contributed by atoms with Crippen molar-refractivity contribution in [3.05, 3.63) is 52.0 Å². The predicted octanol–water partition coefficient (Wildman–Crippen LogP) is 3.87. The molecule has 3 rings (SSSR count). The summed E-state index contributed by atoms with van der Waals surface area (Å²) in [5.41, 5.74) is 1.33. The summed E-state index contributed by atoms with van der Waals surface area (Å²) in [6.07, 6.45) is 0.0749. The Labute approximate surface area is 166 Å². The molecule has 1 saturated heterocycles. The van der Waals surface area contributed by atoms with E-state index in [1.807, 2.05) is 6.07 Å². The van der Waals surface area contributed by atoms with E-state index in [1.165, 1.54) is 24.1 Å². The largest absolute Gasteiger partial charge is 0.495 e. The summed E-state index contributed by atoms with van der Waals surface area (Å²) in [4.78, 5) is 26.5. The minimum Gasteiger partial charge on any atom is -0.495 e. The van der Waals surface area contributed by atoms with Crippen LogP contribution >= 0.6 is 23.2 Å². The molecule has 138 valence electrons. The lowest BCUT2D eigenvalue weighted by molar-refractivity contribution is -0.122. The molecule has 2 aromatic rings. The van der Waals surface area contributed by atoms with Gasteiger partial charge in [0.1, 0.15) is 11.8 Å². The van der Waals surface area contributed by atoms with Gasteiger partial charge in [0.15, 0.2) is 0 Å². The maximum atomic E-state index is 12.6. The lowest BCUT2D eigenvalue weighted by atomic mass is 10.1. The number of nitriles is 1. The van der Waals surface area contributed by atoms with E-state index in [2.05, 4.69) is 5.32 Å². The van der Waals surface area contributed by atoms with Crippen molar-refractivity contribution in [1.29, 1.82) is 5.26 Å². The van der Waals surface area contributed by atoms with Gasteiger partial charge < -0.3 is 15.0 Å². The Morgan fingerprint density at radius 2 is 2.07 bits per heavy atom. The lowest BCUT2D eigenvalue weighted by Gasteiger charge is -2.20. The molecule has 2 aromatic carbocycles. The highest BCUT2D eigenvalue weighted by atomic mass is 35.5. The van der Waals surface area contributed by atoms with E-state index in [-0.39, 0.29) is 29.8 Å². The third-order valence-electron chi connectivity index (χ3n) is 4.28. The second kappa shape index (κ2) is 7.87. The Kier molecular flexibility index (Phi) is 5.54. The number of nitrogens with one attached hydrogen (secondary N) is 1. The van der Waals surface area contributed by atoms with Gasteiger partial charge >= 0.3 is 0 Å². The van der Waals surface area contributed by atoms with Crippen LogP contribution in [0.4, 0.5) is 11.4 Å². The number of hydrogen-bond acceptors (Lipinski definition) is 4. The summed E-state index contributed by atoms with van der Waals surface area (Å²) < 4.78 is 5.29. The molecule has 1 aliphatic rings. The van der Waals surface area contributed by atoms with Gasteiger partial charge in [0.2, 0.25) is 11.8 Å². The first kappa shape index (κ1) is 19.0. The molecule has 1 atom stereocenters. The molecule has 0 saturated carbocycles. The number of hydrogen-bond donors (Lipinski definition) is 1. The van der Waals surface area contributed by atoms with Crippen LogP contribution in [-0.4, -0.2) is 25.5 Å². The number of carbonyl (C=O) groups is 2. The molecule has 0 bridgehead atoms. The van der Waals surface area contributed by atoms with E-state index < -0.39 is 5.92 Å². The second-order valence-corrected chi connectivity index (χ2v) is 6.86. The molecule has 2 amide bonds. The highest BCUT2D eigenvalue weighted by Gasteiger charge is 2.36. The minimum absolute atomic E-state index is 0.0749. The predicted molar refractivity (Wildman–Crippen MR) is 103 cm³/mol. The van der Waals surface area contributed by atoms with Crippen LogP contribution in [0.2, 0.25) is 10.0 Å². The molecule has 0 aliphatic carbocycles. The van der Waals surface area contributed by atoms with Gasteiger partial charge in [0.05, 0.1) is 29.3 Å². The van der Waals surface area contributed by atoms with Crippen LogP contribution in [0, 0.1) is 17.2 Å². The van der Waals surface area contributed by atoms with Crippen LogP contribution in [0.15, 0.2) is 36.4 Å². The zero-order valence-corrected chi connectivity index (χ0v) is 15.8. The summed E-state index contributed by atoms with van der Waals surface area (Å²) in [5, 5.41) is 12.4. The van der Waals surface area contributed by atoms with E-state index >= 15 is 0 Å². The molecule has 1 heterocycles. The van der Waals surface area contributed by atoms with Gasteiger partial charge in [-0.3, -0.25) is 9.59 Å². The number of amides is 2. The standard InChI is InChI=1S/C19H15Cl2N3O3/c1-27-17-5-3-13(20)7-16(17)24-10-12(6-18(24)25)19(26)23-14-4-2-11(9-22)15(21)8-14/h2-5,7-8,12H,6,10H2,1H3,(H,23,26)/t12-/m1/s1. The topological polar surface area (TPSA) is 82.4 Å². The molecule has 0 spiro atoms. The molecular formula is C19H15Cl2N3O3. The van der Waals surface area contributed by atoms with E-state index in [0.29, 0.717) is 27.7 Å². The molecular weight excluding hydrogens is 389 g/mol. The molecule has 0 radical (unpaired) electrons. The fourth-order valence-electron chi connectivity index (χ4n) is 2.92. The number of halogens is 2. The van der Waals surface area contributed by atoms with E-state index in [9.17, 15) is 9.59 Å². The van der Waals surface area contributed by atoms with Crippen LogP contribution in [-0.2, 0) is 9.59 Å². The fraction of sp³-hybridized carbons (Fsp3) is 0.211. The van der Waals surface area contributed by atoms with Crippen molar-refractivity contribution in [2.24, 2.45) is 5.92 Å². The van der Waals surface area contributed by atoms with E-state index in [1.54, 1.807) is 24.3 Å². The van der Waals surface area contributed by atoms with Crippen molar-refractivity contribution in [2.75, 3.05) is 23.9 Å². The van der Waals surface area contributed by atoms with Crippen molar-refractivity contribution in [2.45, 2.75) is 6.42 Å². The van der Waals surface area contributed by atoms with Gasteiger partial charge in [0, 0.05) is 23.7 Å². The maximum absolute atomic E-state index is 12.6. The summed E-state index contributed by atoms with van der Waals surface area (Å²) >= 11 is 12.0. The minimum atomic E-state index is -0.532. The maximum Gasteiger partial charge on any atom is 0.229 e. The van der Waals surface area contributed by atoms with Gasteiger partial charge in [-0.2, -0.15) is 5.26 Å². The van der Waals surface area contributed by atoms with Crippen molar-refractivity contribution < 1.29 is 14.3 Å². The van der Waals surface area contributed by atoms with E-state index in [0.717, 1.165) is 0 Å². The summed E-state index contributed by atoms with van der Waals surface area (Å²) in [6.45, 7) is 0.214. The third-order valence-corrected chi connectivity index (χ3v) is 4.83. The highest BCUT2D eigenvalue weighted by molar-refractivity contribution is 6.32. The molecule has 8 heteroatoms. The Morgan fingerprint density at radius 3 is 2.74 bits per heavy atom. The van der Waals surface area contributed by atoms with Crippen molar-refractivity contribution in [3.63, 3.8) is 0 Å². The molecule has 1 N–H and O–H groups in total. The number of anilines is 2. The number of ether oxygens (including phenoxy) is 1. The Balaban J connectivity index is 1.75. The van der Waals surface area contributed by atoms with Gasteiger partial charge in [-0.1, -0.05) is 23.2 Å². The SMILES string of the molecule is COc1ccc(Cl)cc1N1C[C@H](C(=O)Nc2ccc(C#N)c(Cl)c2)CC1=O. The number of nitrogens with zero attached hydrogens (tertiary/aromatic N) is 2. The quantitative estimate of drug-likeness (QED) is 0.839. The number of rotatable bonds is 4. The van der Waals surface area contributed by atoms with Crippen molar-refractivity contribution in [3.8, 4) is 11.8 Å². The zero-order chi connectivity index (χ0) is 19.6. The molecule has 0 aromatic heterocycles. The normalized spacial score (nSPS) is 16.1. The lowest BCUT2D eigenvalue weighted by Crippen LogP contribution is -2.28. The molecule has 1 fully saturated rings. The van der Waals surface area contributed by atoms with Crippen molar-refractivity contribution >= 4 is 46.4 Å². The van der Waals surface area contributed by atoms with Crippen LogP contribution in [0.25, 0.3) is 0 Å². The van der Waals surface area contributed by atoms with Crippen LogP contribution in [0.5, 0.6) is 5.75 Å². The first-order valence-corrected chi connectivity index (χ1v) is 8.83. The average molecular weight is 404 g/mol. The average Bonchev–Trinajstić information content (AvgIpc) is 3.03. The number of carbonyl (C=O) groups excluding carboxylic acids is 2. The Bertz CT molecular complexity index is 956. The van der Waals surface area contributed by atoms with Crippen LogP contribution in [0.3, 0.4) is 0 Å². The Morgan fingerprint density at radius 1 is 1.30 bits per heavy atom. The first-order valence-electron chi connectivity index (χ1n) is 8.07. The van der Waals surface area contributed by atoms with Gasteiger partial charge in [0.25, 0.3) is 0 Å². The summed E-state index contributed by atoms with van der Waals surface area (Å²) in [7, 11) is 1.51. The van der Waals surface area contributed by atoms with E-state index in [4.69, 9.17) is 33.2 Å². The summed E-state index contributed by atoms with van der Waals surface area (Å²) in [6, 6.07) is 11.6. The van der Waals surface area contributed by atoms with Gasteiger partial charge in [-0.25, -0.2) is 0 Å². The molecule has 0 unspecified atom stereocenters. The first-order chi connectivity index (χ1) is 12.9. The smallest absolute Gasteiger partial charge is 0.229 e. The molecule has 1 aliphatic heterocycles. The van der Waals surface area contributed by atoms with Gasteiger partial charge in [-0.05, 0) is 36.4 Å². The molecule has 6 nitrogen and oxygen atoms in total. The number of benzene rings is 2. The summed E-state index contributed by atoms with van der Waals surface area (Å²) in [5.74, 6) is -0.510. The van der Waals surface area contributed by atoms with Crippen LogP contribution in [0.1, 0.15) is 12.0 Å². The Hall–Kier alpha value is -2.75. The van der Waals surface area contributed by atoms with Crippen molar-refractivity contribution in [1.82, 2.24) is 0 Å². The third kappa shape index (κ3) is 4.00. The van der Waals surface area contributed by atoms with Gasteiger partial charge in [-0.15, -0.1) is 0 Å². The fourth-order valence-corrected chi connectivity index (χ4v) is 3.31. The molecule has 27 heavy (non-hydrogen) atoms. The number of methoxy groups -OCH3 is 1. The van der Waals surface area contributed by atoms with Crippen LogP contribution < -0.4 is 15.0 Å². The monoisotopic (exact) mass is 403 g/mol.